The van der Waals surface area contributed by atoms with E-state index in [2.05, 4.69) is 59.4 Å². The van der Waals surface area contributed by atoms with Crippen molar-refractivity contribution < 1.29 is 0 Å². The maximum Gasteiger partial charge on any atom is 0.0175 e. The molecule has 2 heteroatoms. The van der Waals surface area contributed by atoms with Gasteiger partial charge in [-0.1, -0.05) is 35.0 Å². The van der Waals surface area contributed by atoms with Crippen LogP contribution in [-0.2, 0) is 6.42 Å². The van der Waals surface area contributed by atoms with Crippen molar-refractivity contribution in [2.24, 2.45) is 0 Å². The molecule has 0 heterocycles. The summed E-state index contributed by atoms with van der Waals surface area (Å²) in [6.45, 7) is 5.44. The van der Waals surface area contributed by atoms with E-state index in [4.69, 9.17) is 0 Å². The summed E-state index contributed by atoms with van der Waals surface area (Å²) in [6, 6.07) is 9.19. The van der Waals surface area contributed by atoms with Gasteiger partial charge < -0.3 is 5.32 Å². The zero-order valence-corrected chi connectivity index (χ0v) is 10.5. The Bertz CT molecular complexity index is 256. The van der Waals surface area contributed by atoms with Crippen molar-refractivity contribution >= 4 is 15.9 Å². The lowest BCUT2D eigenvalue weighted by Gasteiger charge is -2.11. The predicted molar refractivity (Wildman–Crippen MR) is 65.6 cm³/mol. The third-order valence-electron chi connectivity index (χ3n) is 2.33. The highest BCUT2D eigenvalue weighted by atomic mass is 79.9. The lowest BCUT2D eigenvalue weighted by molar-refractivity contribution is 0.530. The van der Waals surface area contributed by atoms with Crippen molar-refractivity contribution in [1.82, 2.24) is 5.32 Å². The first-order chi connectivity index (χ1) is 6.72. The van der Waals surface area contributed by atoms with Gasteiger partial charge >= 0.3 is 0 Å². The van der Waals surface area contributed by atoms with Crippen LogP contribution in [0.15, 0.2) is 28.7 Å². The van der Waals surface area contributed by atoms with Crippen molar-refractivity contribution in [3.05, 3.63) is 34.3 Å². The maximum absolute atomic E-state index is 3.44. The van der Waals surface area contributed by atoms with Crippen molar-refractivity contribution in [3.63, 3.8) is 0 Å². The molecule has 1 aromatic rings. The van der Waals surface area contributed by atoms with Crippen molar-refractivity contribution in [2.45, 2.75) is 32.7 Å². The molecule has 1 atom stereocenters. The van der Waals surface area contributed by atoms with Crippen LogP contribution in [0.5, 0.6) is 0 Å². The Hall–Kier alpha value is -0.340. The molecule has 0 aromatic heterocycles. The van der Waals surface area contributed by atoms with Crippen LogP contribution in [0.1, 0.15) is 25.8 Å². The minimum atomic E-state index is 0.614. The summed E-state index contributed by atoms with van der Waals surface area (Å²) in [6.07, 6.45) is 2.36. The Labute approximate surface area is 95.0 Å². The number of rotatable bonds is 5. The van der Waals surface area contributed by atoms with E-state index < -0.39 is 0 Å². The van der Waals surface area contributed by atoms with Crippen LogP contribution >= 0.6 is 15.9 Å². The van der Waals surface area contributed by atoms with E-state index in [0.717, 1.165) is 17.4 Å². The molecule has 0 aliphatic carbocycles. The molecule has 0 saturated heterocycles. The fraction of sp³-hybridized carbons (Fsp3) is 0.500. The molecule has 1 unspecified atom stereocenters. The lowest BCUT2D eigenvalue weighted by atomic mass is 10.1. The highest BCUT2D eigenvalue weighted by Gasteiger charge is 2.00. The van der Waals surface area contributed by atoms with Crippen LogP contribution in [0, 0.1) is 0 Å². The second kappa shape index (κ2) is 6.20. The molecule has 0 aliphatic rings. The van der Waals surface area contributed by atoms with Crippen LogP contribution < -0.4 is 5.32 Å². The van der Waals surface area contributed by atoms with Gasteiger partial charge in [0.2, 0.25) is 0 Å². The molecule has 0 bridgehead atoms. The zero-order valence-electron chi connectivity index (χ0n) is 8.89. The molecule has 78 valence electrons. The highest BCUT2D eigenvalue weighted by Crippen LogP contribution is 2.12. The third kappa shape index (κ3) is 4.25. The smallest absolute Gasteiger partial charge is 0.0175 e. The quantitative estimate of drug-likeness (QED) is 0.851. The fourth-order valence-electron chi connectivity index (χ4n) is 1.48. The first-order valence-electron chi connectivity index (χ1n) is 5.20. The molecule has 0 spiro atoms. The molecule has 14 heavy (non-hydrogen) atoms. The molecule has 0 saturated carbocycles. The van der Waals surface area contributed by atoms with Crippen molar-refractivity contribution in [2.75, 3.05) is 6.54 Å². The summed E-state index contributed by atoms with van der Waals surface area (Å²) >= 11 is 3.44. The Kier molecular flexibility index (Phi) is 5.20. The average molecular weight is 256 g/mol. The number of hydrogen-bond donors (Lipinski definition) is 1. The minimum absolute atomic E-state index is 0.614. The van der Waals surface area contributed by atoms with Gasteiger partial charge in [-0.3, -0.25) is 0 Å². The summed E-state index contributed by atoms with van der Waals surface area (Å²) < 4.78 is 1.15. The fourth-order valence-corrected chi connectivity index (χ4v) is 1.75. The molecule has 0 fully saturated rings. The van der Waals surface area contributed by atoms with Crippen LogP contribution in [-0.4, -0.2) is 12.6 Å². The zero-order chi connectivity index (χ0) is 10.4. The van der Waals surface area contributed by atoms with Crippen molar-refractivity contribution in [3.8, 4) is 0 Å². The van der Waals surface area contributed by atoms with E-state index in [-0.39, 0.29) is 0 Å². The second-order valence-corrected chi connectivity index (χ2v) is 4.54. The second-order valence-electron chi connectivity index (χ2n) is 3.62. The van der Waals surface area contributed by atoms with Gasteiger partial charge in [0.1, 0.15) is 0 Å². The Morgan fingerprint density at radius 2 is 1.93 bits per heavy atom. The van der Waals surface area contributed by atoms with Crippen LogP contribution in [0.2, 0.25) is 0 Å². The molecule has 1 rings (SSSR count). The third-order valence-corrected chi connectivity index (χ3v) is 2.86. The lowest BCUT2D eigenvalue weighted by Crippen LogP contribution is -2.25. The molecule has 0 aliphatic heterocycles. The van der Waals surface area contributed by atoms with Gasteiger partial charge in [0.05, 0.1) is 0 Å². The SMILES string of the molecule is CCNC(C)CCc1ccc(Br)cc1. The normalized spacial score (nSPS) is 12.8. The molecular formula is C12H18BrN. The van der Waals surface area contributed by atoms with E-state index in [0.29, 0.717) is 6.04 Å². The van der Waals surface area contributed by atoms with E-state index >= 15 is 0 Å². The Morgan fingerprint density at radius 1 is 1.29 bits per heavy atom. The number of hydrogen-bond acceptors (Lipinski definition) is 1. The number of halogens is 1. The van der Waals surface area contributed by atoms with E-state index in [9.17, 15) is 0 Å². The first-order valence-corrected chi connectivity index (χ1v) is 5.99. The van der Waals surface area contributed by atoms with Crippen molar-refractivity contribution in [1.29, 1.82) is 0 Å². The molecule has 1 aromatic carbocycles. The van der Waals surface area contributed by atoms with Gasteiger partial charge in [-0.05, 0) is 44.0 Å². The van der Waals surface area contributed by atoms with Gasteiger partial charge in [0, 0.05) is 10.5 Å². The molecule has 0 amide bonds. The van der Waals surface area contributed by atoms with Crippen LogP contribution in [0.4, 0.5) is 0 Å². The first kappa shape index (κ1) is 11.7. The predicted octanol–water partition coefficient (Wildman–Crippen LogP) is 3.38. The molecule has 1 N–H and O–H groups in total. The highest BCUT2D eigenvalue weighted by molar-refractivity contribution is 9.10. The molecule has 0 radical (unpaired) electrons. The summed E-state index contributed by atoms with van der Waals surface area (Å²) in [5.74, 6) is 0. The largest absolute Gasteiger partial charge is 0.315 e. The van der Waals surface area contributed by atoms with Gasteiger partial charge in [0.15, 0.2) is 0 Å². The minimum Gasteiger partial charge on any atom is -0.315 e. The number of aryl methyl sites for hydroxylation is 1. The summed E-state index contributed by atoms with van der Waals surface area (Å²) in [7, 11) is 0. The summed E-state index contributed by atoms with van der Waals surface area (Å²) in [4.78, 5) is 0. The van der Waals surface area contributed by atoms with Gasteiger partial charge in [-0.2, -0.15) is 0 Å². The van der Waals surface area contributed by atoms with E-state index in [1.807, 2.05) is 0 Å². The summed E-state index contributed by atoms with van der Waals surface area (Å²) in [5.41, 5.74) is 1.41. The van der Waals surface area contributed by atoms with Crippen LogP contribution in [0.3, 0.4) is 0 Å². The standard InChI is InChI=1S/C12H18BrN/c1-3-14-10(2)4-5-11-6-8-12(13)9-7-11/h6-10,14H,3-5H2,1-2H3. The number of nitrogens with one attached hydrogen (secondary N) is 1. The maximum atomic E-state index is 3.44. The summed E-state index contributed by atoms with van der Waals surface area (Å²) in [5, 5.41) is 3.42. The van der Waals surface area contributed by atoms with Gasteiger partial charge in [0.25, 0.3) is 0 Å². The monoisotopic (exact) mass is 255 g/mol. The Balaban J connectivity index is 2.34. The average Bonchev–Trinajstić information content (AvgIpc) is 2.17. The van der Waals surface area contributed by atoms with Gasteiger partial charge in [-0.25, -0.2) is 0 Å². The topological polar surface area (TPSA) is 12.0 Å². The molecule has 1 nitrogen and oxygen atoms in total. The van der Waals surface area contributed by atoms with E-state index in [1.165, 1.54) is 12.0 Å². The Morgan fingerprint density at radius 3 is 2.50 bits per heavy atom. The molecular weight excluding hydrogens is 238 g/mol. The number of benzene rings is 1. The van der Waals surface area contributed by atoms with E-state index in [1.54, 1.807) is 0 Å². The van der Waals surface area contributed by atoms with Gasteiger partial charge in [-0.15, -0.1) is 0 Å². The van der Waals surface area contributed by atoms with Crippen LogP contribution in [0.25, 0.3) is 0 Å².